The Bertz CT molecular complexity index is 345. The number of carbonyl (C=O) groups is 2. The zero-order valence-corrected chi connectivity index (χ0v) is 11.3. The number of amides is 1. The predicted molar refractivity (Wildman–Crippen MR) is 68.1 cm³/mol. The predicted octanol–water partition coefficient (Wildman–Crippen LogP) is 2.28. The summed E-state index contributed by atoms with van der Waals surface area (Å²) in [6, 6.07) is 0.290. The van der Waals surface area contributed by atoms with Gasteiger partial charge in [0.15, 0.2) is 0 Å². The lowest BCUT2D eigenvalue weighted by atomic mass is 9.89. The van der Waals surface area contributed by atoms with E-state index >= 15 is 0 Å². The Morgan fingerprint density at radius 2 is 1.72 bits per heavy atom. The third kappa shape index (κ3) is 2.25. The van der Waals surface area contributed by atoms with Gasteiger partial charge in [-0.2, -0.15) is 0 Å². The molecule has 0 radical (unpaired) electrons. The topological polar surface area (TPSA) is 57.6 Å². The molecule has 1 saturated carbocycles. The molecule has 0 aromatic heterocycles. The second kappa shape index (κ2) is 4.90. The fourth-order valence-corrected chi connectivity index (χ4v) is 3.33. The lowest BCUT2D eigenvalue weighted by molar-refractivity contribution is -0.159. The molecule has 0 aromatic carbocycles. The molecule has 2 fully saturated rings. The van der Waals surface area contributed by atoms with Crippen LogP contribution in [0.2, 0.25) is 0 Å². The monoisotopic (exact) mass is 253 g/mol. The van der Waals surface area contributed by atoms with Crippen LogP contribution in [0.1, 0.15) is 52.4 Å². The number of hydrogen-bond acceptors (Lipinski definition) is 2. The van der Waals surface area contributed by atoms with E-state index in [4.69, 9.17) is 0 Å². The summed E-state index contributed by atoms with van der Waals surface area (Å²) < 4.78 is 0. The lowest BCUT2D eigenvalue weighted by Gasteiger charge is -2.33. The van der Waals surface area contributed by atoms with Crippen LogP contribution in [0.4, 0.5) is 0 Å². The Morgan fingerprint density at radius 3 is 2.28 bits per heavy atom. The fraction of sp³-hybridized carbons (Fsp3) is 0.857. The van der Waals surface area contributed by atoms with Gasteiger partial charge in [-0.25, -0.2) is 0 Å². The second-order valence-electron chi connectivity index (χ2n) is 6.18. The molecular formula is C14H23NO3. The molecule has 1 aliphatic carbocycles. The first-order chi connectivity index (χ1) is 8.44. The van der Waals surface area contributed by atoms with Crippen LogP contribution in [0.5, 0.6) is 0 Å². The van der Waals surface area contributed by atoms with E-state index in [0.717, 1.165) is 19.4 Å². The van der Waals surface area contributed by atoms with Gasteiger partial charge in [-0.3, -0.25) is 9.59 Å². The van der Waals surface area contributed by atoms with E-state index in [2.05, 4.69) is 0 Å². The molecule has 1 atom stereocenters. The van der Waals surface area contributed by atoms with Crippen LogP contribution in [-0.2, 0) is 9.59 Å². The van der Waals surface area contributed by atoms with Crippen LogP contribution in [0.15, 0.2) is 0 Å². The van der Waals surface area contributed by atoms with Gasteiger partial charge < -0.3 is 10.0 Å². The lowest BCUT2D eigenvalue weighted by Crippen LogP contribution is -2.48. The number of carboxylic acids is 1. The van der Waals surface area contributed by atoms with Crippen molar-refractivity contribution in [3.05, 3.63) is 0 Å². The highest BCUT2D eigenvalue weighted by atomic mass is 16.4. The fourth-order valence-electron chi connectivity index (χ4n) is 3.33. The minimum absolute atomic E-state index is 0.204. The maximum Gasteiger partial charge on any atom is 0.318 e. The van der Waals surface area contributed by atoms with Crippen LogP contribution in [-0.4, -0.2) is 34.5 Å². The molecule has 1 unspecified atom stereocenters. The zero-order chi connectivity index (χ0) is 13.3. The Kier molecular flexibility index (Phi) is 3.64. The summed E-state index contributed by atoms with van der Waals surface area (Å²) in [5, 5.41) is 9.18. The van der Waals surface area contributed by atoms with Crippen molar-refractivity contribution in [3.8, 4) is 0 Å². The summed E-state index contributed by atoms with van der Waals surface area (Å²) in [5.41, 5.74) is -1.29. The van der Waals surface area contributed by atoms with Gasteiger partial charge in [0.1, 0.15) is 5.41 Å². The van der Waals surface area contributed by atoms with Gasteiger partial charge in [0.05, 0.1) is 0 Å². The number of likely N-dealkylation sites (tertiary alicyclic amines) is 1. The molecule has 1 N–H and O–H groups in total. The van der Waals surface area contributed by atoms with Crippen molar-refractivity contribution < 1.29 is 14.7 Å². The highest BCUT2D eigenvalue weighted by Gasteiger charge is 2.44. The van der Waals surface area contributed by atoms with E-state index in [9.17, 15) is 14.7 Å². The molecular weight excluding hydrogens is 230 g/mol. The molecule has 1 amide bonds. The van der Waals surface area contributed by atoms with E-state index < -0.39 is 11.4 Å². The first-order valence-corrected chi connectivity index (χ1v) is 6.99. The Hall–Kier alpha value is -1.06. The largest absolute Gasteiger partial charge is 0.480 e. The van der Waals surface area contributed by atoms with Crippen molar-refractivity contribution in [3.63, 3.8) is 0 Å². The Labute approximate surface area is 108 Å². The van der Waals surface area contributed by atoms with Crippen molar-refractivity contribution in [2.24, 2.45) is 11.3 Å². The minimum atomic E-state index is -1.29. The van der Waals surface area contributed by atoms with Crippen molar-refractivity contribution in [2.45, 2.75) is 58.4 Å². The molecule has 2 aliphatic rings. The highest BCUT2D eigenvalue weighted by Crippen LogP contribution is 2.37. The molecule has 4 nitrogen and oxygen atoms in total. The Morgan fingerprint density at radius 1 is 1.11 bits per heavy atom. The van der Waals surface area contributed by atoms with E-state index in [1.807, 2.05) is 4.90 Å². The summed E-state index contributed by atoms with van der Waals surface area (Å²) in [5.74, 6) is -0.630. The number of aliphatic carboxylic acids is 1. The highest BCUT2D eigenvalue weighted by molar-refractivity contribution is 6.01. The van der Waals surface area contributed by atoms with Crippen molar-refractivity contribution in [1.82, 2.24) is 4.90 Å². The van der Waals surface area contributed by atoms with Crippen LogP contribution in [0, 0.1) is 11.3 Å². The van der Waals surface area contributed by atoms with E-state index in [0.29, 0.717) is 12.0 Å². The average Bonchev–Trinajstić information content (AvgIpc) is 2.97. The third-order valence-corrected chi connectivity index (χ3v) is 4.57. The number of hydrogen-bond donors (Lipinski definition) is 1. The molecule has 0 aromatic rings. The zero-order valence-electron chi connectivity index (χ0n) is 11.3. The molecule has 4 heteroatoms. The Balaban J connectivity index is 2.11. The number of carboxylic acid groups (broad SMARTS) is 1. The smallest absolute Gasteiger partial charge is 0.318 e. The molecule has 18 heavy (non-hydrogen) atoms. The quantitative estimate of drug-likeness (QED) is 0.785. The number of rotatable bonds is 3. The summed E-state index contributed by atoms with van der Waals surface area (Å²) in [4.78, 5) is 25.5. The number of carbonyl (C=O) groups excluding carboxylic acids is 1. The van der Waals surface area contributed by atoms with Crippen LogP contribution < -0.4 is 0 Å². The van der Waals surface area contributed by atoms with Gasteiger partial charge in [-0.15, -0.1) is 0 Å². The molecule has 1 saturated heterocycles. The standard InChI is InChI=1S/C14H23NO3/c1-14(2,13(17)18)12(16)15-9-5-8-11(15)10-6-3-4-7-10/h10-11H,3-9H2,1-2H3,(H,17,18). The maximum atomic E-state index is 12.4. The first-order valence-electron chi connectivity index (χ1n) is 6.99. The van der Waals surface area contributed by atoms with Crippen molar-refractivity contribution in [2.75, 3.05) is 6.54 Å². The van der Waals surface area contributed by atoms with Crippen LogP contribution in [0.3, 0.4) is 0 Å². The summed E-state index contributed by atoms with van der Waals surface area (Å²) in [6.45, 7) is 3.76. The van der Waals surface area contributed by atoms with E-state index in [1.165, 1.54) is 39.5 Å². The normalized spacial score (nSPS) is 25.7. The van der Waals surface area contributed by atoms with Gasteiger partial charge in [0.2, 0.25) is 5.91 Å². The molecule has 0 spiro atoms. The summed E-state index contributed by atoms with van der Waals surface area (Å²) in [6.07, 6.45) is 6.97. The summed E-state index contributed by atoms with van der Waals surface area (Å²) >= 11 is 0. The SMILES string of the molecule is CC(C)(C(=O)O)C(=O)N1CCCC1C1CCCC1. The average molecular weight is 253 g/mol. The molecule has 102 valence electrons. The molecule has 2 rings (SSSR count). The molecule has 0 bridgehead atoms. The van der Waals surface area contributed by atoms with E-state index in [1.54, 1.807) is 0 Å². The van der Waals surface area contributed by atoms with Gasteiger partial charge in [0, 0.05) is 12.6 Å². The first kappa shape index (κ1) is 13.4. The van der Waals surface area contributed by atoms with Gasteiger partial charge in [-0.1, -0.05) is 12.8 Å². The van der Waals surface area contributed by atoms with Gasteiger partial charge >= 0.3 is 5.97 Å². The van der Waals surface area contributed by atoms with Gasteiger partial charge in [0.25, 0.3) is 0 Å². The third-order valence-electron chi connectivity index (χ3n) is 4.57. The van der Waals surface area contributed by atoms with Gasteiger partial charge in [-0.05, 0) is 45.4 Å². The van der Waals surface area contributed by atoms with Crippen molar-refractivity contribution in [1.29, 1.82) is 0 Å². The van der Waals surface area contributed by atoms with Crippen molar-refractivity contribution >= 4 is 11.9 Å². The molecule has 1 aliphatic heterocycles. The number of nitrogens with zero attached hydrogens (tertiary/aromatic N) is 1. The minimum Gasteiger partial charge on any atom is -0.480 e. The van der Waals surface area contributed by atoms with Crippen LogP contribution in [0.25, 0.3) is 0 Å². The van der Waals surface area contributed by atoms with Crippen LogP contribution >= 0.6 is 0 Å². The summed E-state index contributed by atoms with van der Waals surface area (Å²) in [7, 11) is 0. The second-order valence-corrected chi connectivity index (χ2v) is 6.18. The maximum absolute atomic E-state index is 12.4. The van der Waals surface area contributed by atoms with E-state index in [-0.39, 0.29) is 5.91 Å². The molecule has 1 heterocycles.